The van der Waals surface area contributed by atoms with E-state index >= 15 is 0 Å². The third-order valence-electron chi connectivity index (χ3n) is 3.87. The van der Waals surface area contributed by atoms with Gasteiger partial charge in [0.1, 0.15) is 0 Å². The summed E-state index contributed by atoms with van der Waals surface area (Å²) in [5.74, 6) is 1.27. The quantitative estimate of drug-likeness (QED) is 0.665. The van der Waals surface area contributed by atoms with Crippen molar-refractivity contribution in [1.82, 2.24) is 10.2 Å². The van der Waals surface area contributed by atoms with Crippen molar-refractivity contribution < 1.29 is 9.53 Å². The zero-order valence-corrected chi connectivity index (χ0v) is 14.7. The lowest BCUT2D eigenvalue weighted by Crippen LogP contribution is -2.42. The highest BCUT2D eigenvalue weighted by Gasteiger charge is 2.39. The number of nitrogens with zero attached hydrogens (tertiary/aromatic N) is 1. The van der Waals surface area contributed by atoms with Gasteiger partial charge in [-0.2, -0.15) is 0 Å². The minimum Gasteiger partial charge on any atom is -0.379 e. The molecule has 0 spiro atoms. The van der Waals surface area contributed by atoms with E-state index in [9.17, 15) is 4.79 Å². The van der Waals surface area contributed by atoms with Crippen LogP contribution < -0.4 is 5.32 Å². The first-order valence-electron chi connectivity index (χ1n) is 8.51. The molecule has 1 fully saturated rings. The Balaban J connectivity index is 2.46. The Kier molecular flexibility index (Phi) is 7.67. The van der Waals surface area contributed by atoms with Gasteiger partial charge in [-0.05, 0) is 44.9 Å². The molecule has 0 aromatic heterocycles. The van der Waals surface area contributed by atoms with Gasteiger partial charge in [0.25, 0.3) is 0 Å². The Labute approximate surface area is 130 Å². The summed E-state index contributed by atoms with van der Waals surface area (Å²) in [7, 11) is 0. The first-order chi connectivity index (χ1) is 9.82. The van der Waals surface area contributed by atoms with Crippen LogP contribution in [-0.4, -0.2) is 42.3 Å². The van der Waals surface area contributed by atoms with Crippen LogP contribution in [0.4, 0.5) is 0 Å². The molecule has 1 rings (SSSR count). The van der Waals surface area contributed by atoms with E-state index in [1.165, 1.54) is 0 Å². The Morgan fingerprint density at radius 2 is 1.81 bits per heavy atom. The van der Waals surface area contributed by atoms with Gasteiger partial charge in [-0.1, -0.05) is 27.7 Å². The average Bonchev–Trinajstić information content (AvgIpc) is 2.66. The maximum absolute atomic E-state index is 12.6. The second-order valence-corrected chi connectivity index (χ2v) is 7.20. The molecule has 1 aliphatic heterocycles. The van der Waals surface area contributed by atoms with Crippen LogP contribution in [0.25, 0.3) is 0 Å². The minimum absolute atomic E-state index is 0.00399. The van der Waals surface area contributed by atoms with Crippen molar-refractivity contribution in [2.45, 2.75) is 79.1 Å². The zero-order valence-electron chi connectivity index (χ0n) is 14.7. The standard InChI is InChI=1S/C17H34N2O2/c1-12(2)11-15-17(20)19(16(18-15)13(3)4)9-7-8-10-21-14(5)6/h12-16,18H,7-11H2,1-6H3. The largest absolute Gasteiger partial charge is 0.379 e. The molecule has 21 heavy (non-hydrogen) atoms. The molecule has 1 heterocycles. The lowest BCUT2D eigenvalue weighted by atomic mass is 10.0. The molecule has 1 aliphatic rings. The number of ether oxygens (including phenoxy) is 1. The second kappa shape index (κ2) is 8.74. The molecular formula is C17H34N2O2. The zero-order chi connectivity index (χ0) is 16.0. The van der Waals surface area contributed by atoms with Gasteiger partial charge in [-0.15, -0.1) is 0 Å². The summed E-state index contributed by atoms with van der Waals surface area (Å²) in [4.78, 5) is 14.6. The van der Waals surface area contributed by atoms with Crippen molar-refractivity contribution in [2.75, 3.05) is 13.2 Å². The molecule has 0 aromatic carbocycles. The highest BCUT2D eigenvalue weighted by atomic mass is 16.5. The topological polar surface area (TPSA) is 41.6 Å². The maximum atomic E-state index is 12.6. The van der Waals surface area contributed by atoms with Gasteiger partial charge in [0, 0.05) is 13.2 Å². The van der Waals surface area contributed by atoms with Gasteiger partial charge >= 0.3 is 0 Å². The highest BCUT2D eigenvalue weighted by Crippen LogP contribution is 2.22. The monoisotopic (exact) mass is 298 g/mol. The molecule has 0 aromatic rings. The number of nitrogens with one attached hydrogen (secondary N) is 1. The Morgan fingerprint density at radius 3 is 2.33 bits per heavy atom. The number of carbonyl (C=O) groups excluding carboxylic acids is 1. The molecule has 1 N–H and O–H groups in total. The van der Waals surface area contributed by atoms with E-state index in [0.717, 1.165) is 32.4 Å². The summed E-state index contributed by atoms with van der Waals surface area (Å²) < 4.78 is 5.56. The van der Waals surface area contributed by atoms with Crippen molar-refractivity contribution in [3.05, 3.63) is 0 Å². The van der Waals surface area contributed by atoms with Gasteiger partial charge in [-0.25, -0.2) is 0 Å². The fourth-order valence-electron chi connectivity index (χ4n) is 2.85. The van der Waals surface area contributed by atoms with Crippen LogP contribution in [0, 0.1) is 11.8 Å². The smallest absolute Gasteiger partial charge is 0.241 e. The van der Waals surface area contributed by atoms with E-state index in [-0.39, 0.29) is 18.1 Å². The van der Waals surface area contributed by atoms with E-state index in [0.29, 0.717) is 17.9 Å². The van der Waals surface area contributed by atoms with E-state index in [2.05, 4.69) is 46.9 Å². The van der Waals surface area contributed by atoms with E-state index in [1.807, 2.05) is 4.90 Å². The lowest BCUT2D eigenvalue weighted by molar-refractivity contribution is -0.130. The normalized spacial score (nSPS) is 23.1. The van der Waals surface area contributed by atoms with E-state index in [1.54, 1.807) is 0 Å². The van der Waals surface area contributed by atoms with Crippen molar-refractivity contribution in [2.24, 2.45) is 11.8 Å². The number of rotatable bonds is 9. The maximum Gasteiger partial charge on any atom is 0.241 e. The molecule has 4 nitrogen and oxygen atoms in total. The van der Waals surface area contributed by atoms with Crippen molar-refractivity contribution in [3.63, 3.8) is 0 Å². The first kappa shape index (κ1) is 18.4. The summed E-state index contributed by atoms with van der Waals surface area (Å²) in [5, 5.41) is 3.53. The molecule has 124 valence electrons. The molecule has 0 saturated carbocycles. The summed E-state index contributed by atoms with van der Waals surface area (Å²) in [6.45, 7) is 14.4. The molecule has 1 amide bonds. The number of hydrogen-bond donors (Lipinski definition) is 1. The Bertz CT molecular complexity index is 316. The highest BCUT2D eigenvalue weighted by molar-refractivity contribution is 5.84. The average molecular weight is 298 g/mol. The summed E-state index contributed by atoms with van der Waals surface area (Å²) in [6.07, 6.45) is 3.43. The molecule has 2 atom stereocenters. The van der Waals surface area contributed by atoms with Gasteiger partial charge < -0.3 is 9.64 Å². The third-order valence-corrected chi connectivity index (χ3v) is 3.87. The van der Waals surface area contributed by atoms with Crippen LogP contribution in [-0.2, 0) is 9.53 Å². The first-order valence-corrected chi connectivity index (χ1v) is 8.51. The van der Waals surface area contributed by atoms with Gasteiger partial charge in [0.15, 0.2) is 0 Å². The SMILES string of the molecule is CC(C)CC1NC(C(C)C)N(CCCCOC(C)C)C1=O. The fraction of sp³-hybridized carbons (Fsp3) is 0.941. The molecule has 2 unspecified atom stereocenters. The number of hydrogen-bond acceptors (Lipinski definition) is 3. The van der Waals surface area contributed by atoms with E-state index in [4.69, 9.17) is 4.74 Å². The van der Waals surface area contributed by atoms with Crippen molar-refractivity contribution >= 4 is 5.91 Å². The summed E-state index contributed by atoms with van der Waals surface area (Å²) >= 11 is 0. The van der Waals surface area contributed by atoms with Gasteiger partial charge in [0.05, 0.1) is 18.3 Å². The van der Waals surface area contributed by atoms with Crippen LogP contribution in [0.2, 0.25) is 0 Å². The minimum atomic E-state index is 0.00399. The van der Waals surface area contributed by atoms with Crippen LogP contribution in [0.5, 0.6) is 0 Å². The van der Waals surface area contributed by atoms with Crippen LogP contribution in [0.1, 0.15) is 60.8 Å². The van der Waals surface area contributed by atoms with Crippen LogP contribution >= 0.6 is 0 Å². The van der Waals surface area contributed by atoms with Crippen molar-refractivity contribution in [1.29, 1.82) is 0 Å². The second-order valence-electron chi connectivity index (χ2n) is 7.20. The predicted octanol–water partition coefficient (Wildman–Crippen LogP) is 3.02. The van der Waals surface area contributed by atoms with Crippen LogP contribution in [0.3, 0.4) is 0 Å². The van der Waals surface area contributed by atoms with Gasteiger partial charge in [0.2, 0.25) is 5.91 Å². The molecule has 0 radical (unpaired) electrons. The molecule has 0 bridgehead atoms. The predicted molar refractivity (Wildman–Crippen MR) is 87.0 cm³/mol. The third kappa shape index (κ3) is 5.95. The number of unbranched alkanes of at least 4 members (excludes halogenated alkanes) is 1. The Morgan fingerprint density at radius 1 is 1.14 bits per heavy atom. The van der Waals surface area contributed by atoms with E-state index < -0.39 is 0 Å². The molecule has 4 heteroatoms. The molecule has 0 aliphatic carbocycles. The summed E-state index contributed by atoms with van der Waals surface area (Å²) in [6, 6.07) is 0.00399. The molecular weight excluding hydrogens is 264 g/mol. The van der Waals surface area contributed by atoms with Crippen molar-refractivity contribution in [3.8, 4) is 0 Å². The lowest BCUT2D eigenvalue weighted by Gasteiger charge is -2.27. The molecule has 1 saturated heterocycles. The number of amides is 1. The number of carbonyl (C=O) groups is 1. The Hall–Kier alpha value is -0.610. The van der Waals surface area contributed by atoms with Crippen LogP contribution in [0.15, 0.2) is 0 Å². The fourth-order valence-corrected chi connectivity index (χ4v) is 2.85. The summed E-state index contributed by atoms with van der Waals surface area (Å²) in [5.41, 5.74) is 0. The van der Waals surface area contributed by atoms with Gasteiger partial charge in [-0.3, -0.25) is 10.1 Å².